The third-order valence-corrected chi connectivity index (χ3v) is 2.77. The quantitative estimate of drug-likeness (QED) is 0.902. The summed E-state index contributed by atoms with van der Waals surface area (Å²) < 4.78 is 14.8. The van der Waals surface area contributed by atoms with Gasteiger partial charge in [-0.3, -0.25) is 0 Å². The zero-order chi connectivity index (χ0) is 13.1. The molecule has 0 aliphatic heterocycles. The van der Waals surface area contributed by atoms with Crippen molar-refractivity contribution in [2.75, 3.05) is 0 Å². The van der Waals surface area contributed by atoms with Crippen molar-refractivity contribution in [3.63, 3.8) is 0 Å². The molecule has 2 rings (SSSR count). The van der Waals surface area contributed by atoms with Crippen molar-refractivity contribution in [3.05, 3.63) is 47.0 Å². The van der Waals surface area contributed by atoms with Crippen LogP contribution in [0, 0.1) is 5.82 Å². The lowest BCUT2D eigenvalue weighted by molar-refractivity contribution is 0.275. The highest BCUT2D eigenvalue weighted by molar-refractivity contribution is 5.19. The van der Waals surface area contributed by atoms with Crippen molar-refractivity contribution in [2.45, 2.75) is 32.9 Å². The average Bonchev–Trinajstić information content (AvgIpc) is 2.72. The van der Waals surface area contributed by atoms with E-state index in [9.17, 15) is 9.50 Å². The largest absolute Gasteiger partial charge is 0.390 e. The van der Waals surface area contributed by atoms with Crippen molar-refractivity contribution < 1.29 is 9.50 Å². The van der Waals surface area contributed by atoms with E-state index in [4.69, 9.17) is 0 Å². The van der Waals surface area contributed by atoms with Crippen LogP contribution in [0.2, 0.25) is 0 Å². The molecule has 1 N–H and O–H groups in total. The van der Waals surface area contributed by atoms with E-state index in [1.165, 1.54) is 12.1 Å². The van der Waals surface area contributed by atoms with E-state index in [0.29, 0.717) is 12.2 Å². The second-order valence-electron chi connectivity index (χ2n) is 4.52. The molecule has 0 unspecified atom stereocenters. The van der Waals surface area contributed by atoms with E-state index in [1.807, 2.05) is 19.9 Å². The summed E-state index contributed by atoms with van der Waals surface area (Å²) in [4.78, 5) is 0. The third-order valence-electron chi connectivity index (χ3n) is 2.77. The minimum absolute atomic E-state index is 0.128. The molecule has 1 heterocycles. The van der Waals surface area contributed by atoms with Crippen molar-refractivity contribution in [2.24, 2.45) is 0 Å². The van der Waals surface area contributed by atoms with Gasteiger partial charge in [-0.1, -0.05) is 31.2 Å². The van der Waals surface area contributed by atoms with Gasteiger partial charge in [-0.15, -0.1) is 5.10 Å². The molecular weight excluding hydrogens is 233 g/mol. The summed E-state index contributed by atoms with van der Waals surface area (Å²) in [5.41, 5.74) is 2.30. The molecule has 0 spiro atoms. The summed E-state index contributed by atoms with van der Waals surface area (Å²) in [5, 5.41) is 17.2. The lowest BCUT2D eigenvalue weighted by Gasteiger charge is -2.10. The van der Waals surface area contributed by atoms with Gasteiger partial charge in [-0.05, 0) is 23.6 Å². The lowest BCUT2D eigenvalue weighted by atomic mass is 10.1. The van der Waals surface area contributed by atoms with Crippen LogP contribution in [0.3, 0.4) is 0 Å². The van der Waals surface area contributed by atoms with Gasteiger partial charge < -0.3 is 5.11 Å². The van der Waals surface area contributed by atoms with Crippen LogP contribution < -0.4 is 0 Å². The predicted octanol–water partition coefficient (Wildman–Crippen LogP) is 2.08. The Balaban J connectivity index is 2.32. The molecule has 0 saturated heterocycles. The van der Waals surface area contributed by atoms with Crippen LogP contribution >= 0.6 is 0 Å². The molecule has 0 radical (unpaired) electrons. The van der Waals surface area contributed by atoms with Gasteiger partial charge in [0.15, 0.2) is 0 Å². The third kappa shape index (κ3) is 2.56. The lowest BCUT2D eigenvalue weighted by Crippen LogP contribution is -2.09. The van der Waals surface area contributed by atoms with Crippen molar-refractivity contribution in [1.29, 1.82) is 0 Å². The number of hydrogen-bond donors (Lipinski definition) is 1. The molecule has 18 heavy (non-hydrogen) atoms. The fourth-order valence-electron chi connectivity index (χ4n) is 2.03. The van der Waals surface area contributed by atoms with E-state index >= 15 is 0 Å². The molecule has 0 aliphatic carbocycles. The monoisotopic (exact) mass is 249 g/mol. The van der Waals surface area contributed by atoms with Crippen LogP contribution in [0.4, 0.5) is 4.39 Å². The second kappa shape index (κ2) is 5.27. The molecule has 1 aromatic heterocycles. The van der Waals surface area contributed by atoms with E-state index in [2.05, 4.69) is 10.3 Å². The molecule has 0 bridgehead atoms. The Morgan fingerprint density at radius 2 is 2.17 bits per heavy atom. The Morgan fingerprint density at radius 1 is 1.39 bits per heavy atom. The fourth-order valence-corrected chi connectivity index (χ4v) is 2.03. The molecule has 0 fully saturated rings. The number of nitrogens with zero attached hydrogens (tertiary/aromatic N) is 3. The second-order valence-corrected chi connectivity index (χ2v) is 4.52. The van der Waals surface area contributed by atoms with E-state index in [0.717, 1.165) is 11.3 Å². The number of hydrogen-bond acceptors (Lipinski definition) is 3. The van der Waals surface area contributed by atoms with Crippen molar-refractivity contribution in [3.8, 4) is 0 Å². The minimum Gasteiger partial charge on any atom is -0.390 e. The van der Waals surface area contributed by atoms with Crippen molar-refractivity contribution >= 4 is 0 Å². The van der Waals surface area contributed by atoms with Gasteiger partial charge >= 0.3 is 0 Å². The number of aromatic nitrogens is 3. The van der Waals surface area contributed by atoms with Gasteiger partial charge in [0.25, 0.3) is 0 Å². The standard InChI is InChI=1S/C13H16FN3O/c1-9(2)13-12(8-18)15-16-17(13)7-10-4-3-5-11(14)6-10/h3-6,9,18H,7-8H2,1-2H3. The zero-order valence-corrected chi connectivity index (χ0v) is 10.5. The van der Waals surface area contributed by atoms with Gasteiger partial charge in [0, 0.05) is 0 Å². The number of rotatable bonds is 4. The van der Waals surface area contributed by atoms with Gasteiger partial charge in [0.2, 0.25) is 0 Å². The highest BCUT2D eigenvalue weighted by Gasteiger charge is 2.15. The minimum atomic E-state index is -0.263. The number of aliphatic hydroxyl groups excluding tert-OH is 1. The first kappa shape index (κ1) is 12.7. The van der Waals surface area contributed by atoms with Crippen LogP contribution in [0.5, 0.6) is 0 Å². The highest BCUT2D eigenvalue weighted by Crippen LogP contribution is 2.18. The topological polar surface area (TPSA) is 50.9 Å². The summed E-state index contributed by atoms with van der Waals surface area (Å²) in [5.74, 6) is -0.0585. The SMILES string of the molecule is CC(C)c1c(CO)nnn1Cc1cccc(F)c1. The maximum absolute atomic E-state index is 13.1. The molecular formula is C13H16FN3O. The number of halogens is 1. The molecule has 96 valence electrons. The first-order chi connectivity index (χ1) is 8.61. The Labute approximate surface area is 105 Å². The predicted molar refractivity (Wildman–Crippen MR) is 65.5 cm³/mol. The maximum Gasteiger partial charge on any atom is 0.123 e. The van der Waals surface area contributed by atoms with Crippen molar-refractivity contribution in [1.82, 2.24) is 15.0 Å². The van der Waals surface area contributed by atoms with Gasteiger partial charge in [-0.2, -0.15) is 0 Å². The zero-order valence-electron chi connectivity index (χ0n) is 10.5. The van der Waals surface area contributed by atoms with Crippen LogP contribution in [0.1, 0.15) is 36.7 Å². The van der Waals surface area contributed by atoms with Crippen LogP contribution in [0.25, 0.3) is 0 Å². The van der Waals surface area contributed by atoms with Gasteiger partial charge in [0.05, 0.1) is 18.8 Å². The average molecular weight is 249 g/mol. The van der Waals surface area contributed by atoms with Crippen LogP contribution in [0.15, 0.2) is 24.3 Å². The molecule has 1 aromatic carbocycles. The summed E-state index contributed by atoms with van der Waals surface area (Å²) in [7, 11) is 0. The van der Waals surface area contributed by atoms with E-state index in [-0.39, 0.29) is 18.3 Å². The Kier molecular flexibility index (Phi) is 3.72. The first-order valence-electron chi connectivity index (χ1n) is 5.89. The normalized spacial score (nSPS) is 11.2. The highest BCUT2D eigenvalue weighted by atomic mass is 19.1. The molecule has 2 aromatic rings. The molecule has 0 aliphatic rings. The Bertz CT molecular complexity index is 537. The Morgan fingerprint density at radius 3 is 2.78 bits per heavy atom. The summed E-state index contributed by atoms with van der Waals surface area (Å²) in [6, 6.07) is 6.40. The van der Waals surface area contributed by atoms with Gasteiger partial charge in [-0.25, -0.2) is 9.07 Å². The smallest absolute Gasteiger partial charge is 0.123 e. The van der Waals surface area contributed by atoms with E-state index < -0.39 is 0 Å². The molecule has 4 nitrogen and oxygen atoms in total. The number of benzene rings is 1. The van der Waals surface area contributed by atoms with Crippen LogP contribution in [-0.2, 0) is 13.2 Å². The first-order valence-corrected chi connectivity index (χ1v) is 5.89. The molecule has 0 atom stereocenters. The Hall–Kier alpha value is -1.75. The summed E-state index contributed by atoms with van der Waals surface area (Å²) >= 11 is 0. The van der Waals surface area contributed by atoms with E-state index in [1.54, 1.807) is 10.7 Å². The summed E-state index contributed by atoms with van der Waals surface area (Å²) in [6.07, 6.45) is 0. The summed E-state index contributed by atoms with van der Waals surface area (Å²) in [6.45, 7) is 4.36. The van der Waals surface area contributed by atoms with Crippen LogP contribution in [-0.4, -0.2) is 20.1 Å². The molecule has 0 saturated carbocycles. The number of aliphatic hydroxyl groups is 1. The maximum atomic E-state index is 13.1. The fraction of sp³-hybridized carbons (Fsp3) is 0.385. The van der Waals surface area contributed by atoms with Gasteiger partial charge in [0.1, 0.15) is 11.5 Å². The molecule has 5 heteroatoms. The molecule has 0 amide bonds.